The largest absolute Gasteiger partial charge is 0.349 e. The highest BCUT2D eigenvalue weighted by Gasteiger charge is 2.22. The van der Waals surface area contributed by atoms with Crippen LogP contribution < -0.4 is 16.2 Å². The van der Waals surface area contributed by atoms with Crippen LogP contribution in [0.3, 0.4) is 0 Å². The van der Waals surface area contributed by atoms with E-state index in [-0.39, 0.29) is 34.9 Å². The van der Waals surface area contributed by atoms with E-state index in [1.807, 2.05) is 68.4 Å². The van der Waals surface area contributed by atoms with Crippen LogP contribution in [0.2, 0.25) is 0 Å². The molecule has 1 aromatic heterocycles. The van der Waals surface area contributed by atoms with E-state index < -0.39 is 5.25 Å². The number of aryl methyl sites for hydroxylation is 1. The summed E-state index contributed by atoms with van der Waals surface area (Å²) in [7, 11) is 1.78. The van der Waals surface area contributed by atoms with Crippen LogP contribution in [0, 0.1) is 13.8 Å². The Balaban J connectivity index is 1.61. The molecule has 2 N–H and O–H groups in total. The number of aromatic nitrogens is 2. The lowest BCUT2D eigenvalue weighted by molar-refractivity contribution is -0.119. The summed E-state index contributed by atoms with van der Waals surface area (Å²) < 4.78 is 3.23. The van der Waals surface area contributed by atoms with Gasteiger partial charge in [0.25, 0.3) is 5.56 Å². The molecule has 3 aromatic rings. The molecule has 3 rings (SSSR count). The maximum atomic E-state index is 13.0. The van der Waals surface area contributed by atoms with Crippen LogP contribution >= 0.6 is 11.8 Å². The second-order valence-corrected chi connectivity index (χ2v) is 9.35. The number of amides is 2. The van der Waals surface area contributed by atoms with E-state index in [1.54, 1.807) is 25.6 Å². The van der Waals surface area contributed by atoms with E-state index in [1.165, 1.54) is 16.4 Å². The maximum absolute atomic E-state index is 13.0. The molecule has 0 radical (unpaired) electrons. The van der Waals surface area contributed by atoms with Crippen molar-refractivity contribution in [3.8, 4) is 5.69 Å². The van der Waals surface area contributed by atoms with E-state index >= 15 is 0 Å². The number of benzene rings is 2. The minimum absolute atomic E-state index is 0.119. The van der Waals surface area contributed by atoms with Gasteiger partial charge in [-0.1, -0.05) is 42.5 Å². The van der Waals surface area contributed by atoms with Gasteiger partial charge in [-0.2, -0.15) is 0 Å². The van der Waals surface area contributed by atoms with Gasteiger partial charge in [0, 0.05) is 7.05 Å². The fraction of sp³-hybridized carbons (Fsp3) is 0.320. The number of thioether (sulfide) groups is 1. The van der Waals surface area contributed by atoms with Gasteiger partial charge in [-0.05, 0) is 51.0 Å². The average Bonchev–Trinajstić information content (AvgIpc) is 3.01. The standard InChI is InChI=1S/C25H30N4O3S/c1-16-11-9-10-14-21(16)17(2)26-22(30)15-33-19(4)24(31)27-23-18(3)28(5)29(25(23)32)20-12-7-6-8-13-20/h6-14,17,19H,15H2,1-5H3,(H,26,30)(H,27,31). The highest BCUT2D eigenvalue weighted by atomic mass is 32.2. The molecule has 7 nitrogen and oxygen atoms in total. The number of carbonyl (C=O) groups is 2. The molecule has 2 aromatic carbocycles. The van der Waals surface area contributed by atoms with Gasteiger partial charge >= 0.3 is 0 Å². The zero-order valence-corrected chi connectivity index (χ0v) is 20.4. The summed E-state index contributed by atoms with van der Waals surface area (Å²) in [6.45, 7) is 7.47. The van der Waals surface area contributed by atoms with Crippen molar-refractivity contribution in [3.05, 3.63) is 81.8 Å². The van der Waals surface area contributed by atoms with Gasteiger partial charge in [-0.25, -0.2) is 4.68 Å². The third-order valence-electron chi connectivity index (χ3n) is 5.67. The summed E-state index contributed by atoms with van der Waals surface area (Å²) in [5.74, 6) is -0.309. The topological polar surface area (TPSA) is 85.1 Å². The lowest BCUT2D eigenvalue weighted by Gasteiger charge is -2.17. The maximum Gasteiger partial charge on any atom is 0.295 e. The molecule has 2 amide bonds. The number of rotatable bonds is 8. The van der Waals surface area contributed by atoms with Crippen molar-refractivity contribution in [1.29, 1.82) is 0 Å². The lowest BCUT2D eigenvalue weighted by Crippen LogP contribution is -2.31. The Morgan fingerprint density at radius 3 is 2.30 bits per heavy atom. The molecule has 0 saturated carbocycles. The van der Waals surface area contributed by atoms with Gasteiger partial charge < -0.3 is 10.6 Å². The van der Waals surface area contributed by atoms with Crippen LogP contribution in [0.5, 0.6) is 0 Å². The Morgan fingerprint density at radius 1 is 1.00 bits per heavy atom. The first-order valence-electron chi connectivity index (χ1n) is 10.8. The highest BCUT2D eigenvalue weighted by molar-refractivity contribution is 8.01. The zero-order valence-electron chi connectivity index (χ0n) is 19.6. The van der Waals surface area contributed by atoms with E-state index in [4.69, 9.17) is 0 Å². The van der Waals surface area contributed by atoms with Gasteiger partial charge in [0.15, 0.2) is 0 Å². The van der Waals surface area contributed by atoms with Crippen LogP contribution in [0.25, 0.3) is 5.69 Å². The van der Waals surface area contributed by atoms with Crippen molar-refractivity contribution in [2.24, 2.45) is 7.05 Å². The summed E-state index contributed by atoms with van der Waals surface area (Å²) in [4.78, 5) is 38.1. The first-order chi connectivity index (χ1) is 15.7. The van der Waals surface area contributed by atoms with Crippen LogP contribution in [0.1, 0.15) is 36.7 Å². The minimum Gasteiger partial charge on any atom is -0.349 e. The van der Waals surface area contributed by atoms with Crippen molar-refractivity contribution >= 4 is 29.3 Å². The fourth-order valence-electron chi connectivity index (χ4n) is 3.65. The quantitative estimate of drug-likeness (QED) is 0.530. The van der Waals surface area contributed by atoms with Gasteiger partial charge in [0.2, 0.25) is 11.8 Å². The van der Waals surface area contributed by atoms with Crippen LogP contribution in [0.15, 0.2) is 59.4 Å². The Kier molecular flexibility index (Phi) is 7.81. The van der Waals surface area contributed by atoms with Crippen molar-refractivity contribution in [2.75, 3.05) is 11.1 Å². The summed E-state index contributed by atoms with van der Waals surface area (Å²) in [5.41, 5.74) is 3.50. The number of carbonyl (C=O) groups excluding carboxylic acids is 2. The number of hydrogen-bond donors (Lipinski definition) is 2. The van der Waals surface area contributed by atoms with Gasteiger partial charge in [-0.3, -0.25) is 19.1 Å². The molecular weight excluding hydrogens is 436 g/mol. The molecule has 0 saturated heterocycles. The molecule has 1 heterocycles. The third kappa shape index (κ3) is 5.57. The van der Waals surface area contributed by atoms with Crippen molar-refractivity contribution in [3.63, 3.8) is 0 Å². The van der Waals surface area contributed by atoms with Crippen molar-refractivity contribution in [2.45, 2.75) is 39.0 Å². The zero-order chi connectivity index (χ0) is 24.1. The summed E-state index contributed by atoms with van der Waals surface area (Å²) in [6.07, 6.45) is 0. The smallest absolute Gasteiger partial charge is 0.295 e. The normalized spacial score (nSPS) is 12.8. The van der Waals surface area contributed by atoms with E-state index in [0.717, 1.165) is 16.8 Å². The molecule has 0 aliphatic heterocycles. The third-order valence-corrected chi connectivity index (χ3v) is 6.81. The molecular formula is C25H30N4O3S. The number of nitrogens with zero attached hydrogens (tertiary/aromatic N) is 2. The van der Waals surface area contributed by atoms with Crippen LogP contribution in [0.4, 0.5) is 5.69 Å². The highest BCUT2D eigenvalue weighted by Crippen LogP contribution is 2.19. The first-order valence-corrected chi connectivity index (χ1v) is 11.9. The second kappa shape index (κ2) is 10.6. The molecule has 0 aliphatic rings. The summed E-state index contributed by atoms with van der Waals surface area (Å²) in [6, 6.07) is 17.1. The Labute approximate surface area is 198 Å². The van der Waals surface area contributed by atoms with Gasteiger partial charge in [0.05, 0.1) is 28.4 Å². The summed E-state index contributed by atoms with van der Waals surface area (Å²) in [5, 5.41) is 5.24. The predicted octanol–water partition coefficient (Wildman–Crippen LogP) is 3.73. The van der Waals surface area contributed by atoms with Gasteiger partial charge in [0.1, 0.15) is 5.69 Å². The van der Waals surface area contributed by atoms with E-state index in [0.29, 0.717) is 5.69 Å². The van der Waals surface area contributed by atoms with Crippen molar-refractivity contribution < 1.29 is 9.59 Å². The molecule has 2 unspecified atom stereocenters. The number of para-hydroxylation sites is 1. The molecule has 2 atom stereocenters. The second-order valence-electron chi connectivity index (χ2n) is 8.02. The molecule has 0 aliphatic carbocycles. The Morgan fingerprint density at radius 2 is 1.64 bits per heavy atom. The van der Waals surface area contributed by atoms with E-state index in [2.05, 4.69) is 10.6 Å². The van der Waals surface area contributed by atoms with Crippen molar-refractivity contribution in [1.82, 2.24) is 14.7 Å². The molecule has 174 valence electrons. The Bertz CT molecular complexity index is 1200. The first kappa shape index (κ1) is 24.4. The molecule has 0 spiro atoms. The monoisotopic (exact) mass is 466 g/mol. The number of hydrogen-bond acceptors (Lipinski definition) is 4. The lowest BCUT2D eigenvalue weighted by atomic mass is 10.0. The predicted molar refractivity (Wildman–Crippen MR) is 134 cm³/mol. The minimum atomic E-state index is -0.506. The average molecular weight is 467 g/mol. The summed E-state index contributed by atoms with van der Waals surface area (Å²) >= 11 is 1.23. The molecule has 33 heavy (non-hydrogen) atoms. The number of nitrogens with one attached hydrogen (secondary N) is 2. The van der Waals surface area contributed by atoms with Crippen LogP contribution in [-0.4, -0.2) is 32.2 Å². The Hall–Kier alpha value is -3.26. The molecule has 8 heteroatoms. The SMILES string of the molecule is Cc1ccccc1C(C)NC(=O)CSC(C)C(=O)Nc1c(C)n(C)n(-c2ccccc2)c1=O. The van der Waals surface area contributed by atoms with Crippen LogP contribution in [-0.2, 0) is 16.6 Å². The molecule has 0 fully saturated rings. The number of anilines is 1. The fourth-order valence-corrected chi connectivity index (χ4v) is 4.34. The van der Waals surface area contributed by atoms with Gasteiger partial charge in [-0.15, -0.1) is 11.8 Å². The molecule has 0 bridgehead atoms. The van der Waals surface area contributed by atoms with E-state index in [9.17, 15) is 14.4 Å².